The maximum absolute atomic E-state index is 10.6. The van der Waals surface area contributed by atoms with Crippen LogP contribution in [0.2, 0.25) is 0 Å². The Bertz CT molecular complexity index is 476. The Kier molecular flexibility index (Phi) is 2.77. The van der Waals surface area contributed by atoms with Gasteiger partial charge in [0.2, 0.25) is 0 Å². The monoisotopic (exact) mass is 244 g/mol. The van der Waals surface area contributed by atoms with Gasteiger partial charge in [-0.1, -0.05) is 24.3 Å². The van der Waals surface area contributed by atoms with Crippen LogP contribution in [-0.2, 0) is 19.3 Å². The minimum absolute atomic E-state index is 0.522. The predicted molar refractivity (Wildman–Crippen MR) is 71.4 cm³/mol. The Morgan fingerprint density at radius 1 is 1.12 bits per heavy atom. The van der Waals surface area contributed by atoms with Crippen molar-refractivity contribution in [1.82, 2.24) is 0 Å². The maximum atomic E-state index is 10.6. The summed E-state index contributed by atoms with van der Waals surface area (Å²) >= 11 is 1.73. The van der Waals surface area contributed by atoms with E-state index in [0.717, 1.165) is 25.7 Å². The molecule has 0 saturated heterocycles. The second kappa shape index (κ2) is 4.28. The summed E-state index contributed by atoms with van der Waals surface area (Å²) in [5.74, 6) is 0. The number of aryl methyl sites for hydroxylation is 1. The van der Waals surface area contributed by atoms with Crippen molar-refractivity contribution in [2.45, 2.75) is 31.3 Å². The van der Waals surface area contributed by atoms with Crippen molar-refractivity contribution in [3.63, 3.8) is 0 Å². The van der Waals surface area contributed by atoms with Crippen molar-refractivity contribution < 1.29 is 5.11 Å². The zero-order valence-corrected chi connectivity index (χ0v) is 10.5. The van der Waals surface area contributed by atoms with E-state index in [9.17, 15) is 5.11 Å². The first-order valence-corrected chi connectivity index (χ1v) is 7.00. The van der Waals surface area contributed by atoms with Gasteiger partial charge in [0.25, 0.3) is 0 Å². The minimum Gasteiger partial charge on any atom is -0.389 e. The molecule has 1 aromatic heterocycles. The van der Waals surface area contributed by atoms with Crippen LogP contribution in [0.5, 0.6) is 0 Å². The second-order valence-corrected chi connectivity index (χ2v) is 5.76. The van der Waals surface area contributed by atoms with Gasteiger partial charge in [-0.15, -0.1) is 0 Å². The van der Waals surface area contributed by atoms with Gasteiger partial charge >= 0.3 is 0 Å². The molecule has 1 aliphatic carbocycles. The predicted octanol–water partition coefficient (Wildman–Crippen LogP) is 3.21. The van der Waals surface area contributed by atoms with Crippen LogP contribution in [0.15, 0.2) is 41.1 Å². The molecule has 88 valence electrons. The van der Waals surface area contributed by atoms with E-state index in [1.807, 2.05) is 0 Å². The van der Waals surface area contributed by atoms with Gasteiger partial charge in [0.15, 0.2) is 0 Å². The molecule has 0 spiro atoms. The summed E-state index contributed by atoms with van der Waals surface area (Å²) in [4.78, 5) is 0. The number of rotatable bonds is 3. The molecule has 1 aromatic carbocycles. The third-order valence-electron chi connectivity index (χ3n) is 3.62. The number of benzene rings is 1. The summed E-state index contributed by atoms with van der Waals surface area (Å²) in [6, 6.07) is 10.5. The van der Waals surface area contributed by atoms with Crippen molar-refractivity contribution in [1.29, 1.82) is 0 Å². The molecule has 17 heavy (non-hydrogen) atoms. The highest BCUT2D eigenvalue weighted by atomic mass is 32.1. The summed E-state index contributed by atoms with van der Waals surface area (Å²) in [7, 11) is 0. The zero-order valence-electron chi connectivity index (χ0n) is 9.73. The van der Waals surface area contributed by atoms with E-state index in [-0.39, 0.29) is 0 Å². The Morgan fingerprint density at radius 3 is 2.41 bits per heavy atom. The third kappa shape index (κ3) is 2.28. The molecule has 0 amide bonds. The lowest BCUT2D eigenvalue weighted by atomic mass is 9.93. The fourth-order valence-corrected chi connectivity index (χ4v) is 3.37. The van der Waals surface area contributed by atoms with Crippen molar-refractivity contribution >= 4 is 11.3 Å². The number of aliphatic hydroxyl groups is 1. The standard InChI is InChI=1S/C15H16OS/c16-15(7-5-12-6-8-17-11-12)9-13-3-1-2-4-14(13)10-15/h1-4,6,8,11,16H,5,7,9-10H2. The van der Waals surface area contributed by atoms with Gasteiger partial charge in [-0.2, -0.15) is 11.3 Å². The average molecular weight is 244 g/mol. The Hall–Kier alpha value is -1.12. The normalized spacial score (nSPS) is 17.0. The van der Waals surface area contributed by atoms with Crippen molar-refractivity contribution in [3.05, 3.63) is 57.8 Å². The molecule has 0 aliphatic heterocycles. The minimum atomic E-state index is -0.522. The number of hydrogen-bond donors (Lipinski definition) is 1. The number of thiophene rings is 1. The fraction of sp³-hybridized carbons (Fsp3) is 0.333. The maximum Gasteiger partial charge on any atom is 0.0731 e. The van der Waals surface area contributed by atoms with Gasteiger partial charge < -0.3 is 5.11 Å². The van der Waals surface area contributed by atoms with Crippen molar-refractivity contribution in [2.75, 3.05) is 0 Å². The van der Waals surface area contributed by atoms with E-state index in [2.05, 4.69) is 41.1 Å². The van der Waals surface area contributed by atoms with E-state index in [1.165, 1.54) is 16.7 Å². The molecule has 0 fully saturated rings. The second-order valence-electron chi connectivity index (χ2n) is 4.98. The number of fused-ring (bicyclic) bond motifs is 1. The Morgan fingerprint density at radius 2 is 1.82 bits per heavy atom. The van der Waals surface area contributed by atoms with Crippen LogP contribution in [0.4, 0.5) is 0 Å². The fourth-order valence-electron chi connectivity index (χ4n) is 2.66. The van der Waals surface area contributed by atoms with Gasteiger partial charge in [-0.05, 0) is 46.4 Å². The lowest BCUT2D eigenvalue weighted by molar-refractivity contribution is 0.0427. The van der Waals surface area contributed by atoms with E-state index < -0.39 is 5.60 Å². The van der Waals surface area contributed by atoms with Crippen LogP contribution in [0.1, 0.15) is 23.1 Å². The molecule has 0 radical (unpaired) electrons. The van der Waals surface area contributed by atoms with Gasteiger partial charge in [-0.3, -0.25) is 0 Å². The first-order valence-electron chi connectivity index (χ1n) is 6.05. The highest BCUT2D eigenvalue weighted by Crippen LogP contribution is 2.33. The molecular formula is C15H16OS. The lowest BCUT2D eigenvalue weighted by Gasteiger charge is -2.21. The topological polar surface area (TPSA) is 20.2 Å². The van der Waals surface area contributed by atoms with Crippen molar-refractivity contribution in [3.8, 4) is 0 Å². The van der Waals surface area contributed by atoms with Crippen molar-refractivity contribution in [2.24, 2.45) is 0 Å². The first kappa shape index (κ1) is 11.0. The molecule has 0 saturated carbocycles. The molecule has 1 nitrogen and oxygen atoms in total. The molecule has 1 heterocycles. The summed E-state index contributed by atoms with van der Waals surface area (Å²) in [6.45, 7) is 0. The summed E-state index contributed by atoms with van der Waals surface area (Å²) < 4.78 is 0. The highest BCUT2D eigenvalue weighted by molar-refractivity contribution is 7.07. The highest BCUT2D eigenvalue weighted by Gasteiger charge is 2.34. The Labute approximate surface area is 106 Å². The number of hydrogen-bond acceptors (Lipinski definition) is 2. The molecule has 1 N–H and O–H groups in total. The van der Waals surface area contributed by atoms with Crippen LogP contribution >= 0.6 is 11.3 Å². The first-order chi connectivity index (χ1) is 8.25. The molecule has 2 heteroatoms. The van der Waals surface area contributed by atoms with E-state index in [1.54, 1.807) is 11.3 Å². The van der Waals surface area contributed by atoms with Crippen LogP contribution < -0.4 is 0 Å². The van der Waals surface area contributed by atoms with E-state index >= 15 is 0 Å². The van der Waals surface area contributed by atoms with Crippen LogP contribution in [0.3, 0.4) is 0 Å². The molecule has 0 bridgehead atoms. The van der Waals surface area contributed by atoms with Crippen LogP contribution in [0, 0.1) is 0 Å². The molecule has 3 rings (SSSR count). The average Bonchev–Trinajstić information content (AvgIpc) is 2.92. The van der Waals surface area contributed by atoms with Crippen LogP contribution in [0.25, 0.3) is 0 Å². The Balaban J connectivity index is 1.69. The zero-order chi connectivity index (χ0) is 11.7. The summed E-state index contributed by atoms with van der Waals surface area (Å²) in [5, 5.41) is 14.9. The summed E-state index contributed by atoms with van der Waals surface area (Å²) in [6.07, 6.45) is 3.47. The lowest BCUT2D eigenvalue weighted by Crippen LogP contribution is -2.29. The molecule has 0 atom stereocenters. The largest absolute Gasteiger partial charge is 0.389 e. The van der Waals surface area contributed by atoms with Gasteiger partial charge in [-0.25, -0.2) is 0 Å². The molecule has 2 aromatic rings. The SMILES string of the molecule is OC1(CCc2ccsc2)Cc2ccccc2C1. The molecular weight excluding hydrogens is 228 g/mol. The van der Waals surface area contributed by atoms with Gasteiger partial charge in [0, 0.05) is 12.8 Å². The molecule has 1 aliphatic rings. The third-order valence-corrected chi connectivity index (χ3v) is 4.35. The summed E-state index contributed by atoms with van der Waals surface area (Å²) in [5.41, 5.74) is 3.46. The van der Waals surface area contributed by atoms with E-state index in [4.69, 9.17) is 0 Å². The molecule has 0 unspecified atom stereocenters. The van der Waals surface area contributed by atoms with Crippen LogP contribution in [-0.4, -0.2) is 10.7 Å². The van der Waals surface area contributed by atoms with Gasteiger partial charge in [0.05, 0.1) is 5.60 Å². The quantitative estimate of drug-likeness (QED) is 0.879. The van der Waals surface area contributed by atoms with Gasteiger partial charge in [0.1, 0.15) is 0 Å². The van der Waals surface area contributed by atoms with E-state index in [0.29, 0.717) is 0 Å². The smallest absolute Gasteiger partial charge is 0.0731 e.